The highest BCUT2D eigenvalue weighted by Gasteiger charge is 2.52. The van der Waals surface area contributed by atoms with Gasteiger partial charge < -0.3 is 4.52 Å². The van der Waals surface area contributed by atoms with E-state index in [1.54, 1.807) is 5.57 Å². The van der Waals surface area contributed by atoms with E-state index in [4.69, 9.17) is 4.52 Å². The largest absolute Gasteiger partial charge is 0.354 e. The molecule has 46 heavy (non-hydrogen) atoms. The predicted octanol–water partition coefficient (Wildman–Crippen LogP) is 14.9. The van der Waals surface area contributed by atoms with Crippen LogP contribution in [-0.2, 0) is 9.09 Å². The van der Waals surface area contributed by atoms with Gasteiger partial charge in [0.15, 0.2) is 8.15 Å². The summed E-state index contributed by atoms with van der Waals surface area (Å²) in [7, 11) is 3.96. The van der Waals surface area contributed by atoms with Gasteiger partial charge in [-0.25, -0.2) is 0 Å². The van der Waals surface area contributed by atoms with Crippen molar-refractivity contribution in [2.45, 2.75) is 146 Å². The Labute approximate surface area is 293 Å². The van der Waals surface area contributed by atoms with Crippen molar-refractivity contribution in [3.05, 3.63) is 69.9 Å². The van der Waals surface area contributed by atoms with Crippen molar-refractivity contribution in [1.82, 2.24) is 0 Å². The fraction of sp³-hybridized carbons (Fsp3) is 0.700. The number of hydrogen-bond donors (Lipinski definition) is 0. The zero-order valence-electron chi connectivity index (χ0n) is 31.4. The quantitative estimate of drug-likeness (QED) is 0.0806. The molecule has 0 amide bonds. The summed E-state index contributed by atoms with van der Waals surface area (Å²) in [5.41, 5.74) is 9.90. The zero-order chi connectivity index (χ0) is 34.6. The van der Waals surface area contributed by atoms with Crippen LogP contribution in [-0.4, -0.2) is 12.8 Å². The van der Waals surface area contributed by atoms with Crippen LogP contribution in [0.3, 0.4) is 0 Å². The molecule has 7 atom stereocenters. The summed E-state index contributed by atoms with van der Waals surface area (Å²) in [6.07, 6.45) is 29.9. The van der Waals surface area contributed by atoms with Crippen LogP contribution in [0.2, 0.25) is 0 Å². The highest BCUT2D eigenvalue weighted by atomic mass is 32.0. The Kier molecular flexibility index (Phi) is 22.9. The van der Waals surface area contributed by atoms with Crippen LogP contribution >= 0.6 is 33.8 Å². The number of hydrogen-bond acceptors (Lipinski definition) is 2. The first-order valence-corrected chi connectivity index (χ1v) is 23.4. The second kappa shape index (κ2) is 24.0. The normalized spacial score (nSPS) is 26.4. The highest BCUT2D eigenvalue weighted by Crippen LogP contribution is 2.61. The van der Waals surface area contributed by atoms with Gasteiger partial charge in [0.1, 0.15) is 0 Å². The van der Waals surface area contributed by atoms with Crippen LogP contribution in [0.1, 0.15) is 146 Å². The molecule has 0 aliphatic heterocycles. The van der Waals surface area contributed by atoms with Crippen LogP contribution in [0.5, 0.6) is 0 Å². The summed E-state index contributed by atoms with van der Waals surface area (Å²) < 4.78 is 15.9. The molecule has 0 aromatic carbocycles. The fourth-order valence-electron chi connectivity index (χ4n) is 7.38. The maximum Gasteiger partial charge on any atom is 0.178 e. The molecule has 2 aliphatic rings. The summed E-state index contributed by atoms with van der Waals surface area (Å²) in [4.78, 5) is 0. The molecule has 0 heterocycles. The van der Waals surface area contributed by atoms with E-state index in [0.717, 1.165) is 50.3 Å². The van der Waals surface area contributed by atoms with Crippen molar-refractivity contribution in [2.75, 3.05) is 12.8 Å². The van der Waals surface area contributed by atoms with E-state index in [9.17, 15) is 4.57 Å². The van der Waals surface area contributed by atoms with Gasteiger partial charge in [0.2, 0.25) is 0 Å². The van der Waals surface area contributed by atoms with Gasteiger partial charge in [0.05, 0.1) is 6.61 Å². The fourth-order valence-corrected chi connectivity index (χ4v) is 8.86. The molecule has 0 N–H and O–H groups in total. The first-order valence-electron chi connectivity index (χ1n) is 17.9. The summed E-state index contributed by atoms with van der Waals surface area (Å²) in [5, 5.41) is 0. The lowest BCUT2D eigenvalue weighted by molar-refractivity contribution is -0.0466. The second-order valence-corrected chi connectivity index (χ2v) is 18.5. The Morgan fingerprint density at radius 1 is 0.891 bits per heavy atom. The van der Waals surface area contributed by atoms with Gasteiger partial charge in [-0.05, 0) is 163 Å². The van der Waals surface area contributed by atoms with E-state index in [1.807, 2.05) is 0 Å². The molecule has 1 fully saturated rings. The van der Waals surface area contributed by atoms with Gasteiger partial charge in [0, 0.05) is 8.50 Å². The molecule has 7 unspecified atom stereocenters. The molecule has 0 aromatic heterocycles. The second-order valence-electron chi connectivity index (χ2n) is 14.9. The average Bonchev–Trinajstić information content (AvgIpc) is 3.00. The number of fused-ring (bicyclic) bond motifs is 1. The minimum atomic E-state index is 0.283. The smallest absolute Gasteiger partial charge is 0.178 e. The summed E-state index contributed by atoms with van der Waals surface area (Å²) in [6.45, 7) is 24.0. The molecular formula is C40H70O2P4. The lowest BCUT2D eigenvalue weighted by atomic mass is 9.47. The number of allylic oxidation sites excluding steroid dienone is 11. The molecule has 0 aromatic rings. The first-order chi connectivity index (χ1) is 21.8. The molecule has 0 radical (unpaired) electrons. The van der Waals surface area contributed by atoms with Crippen molar-refractivity contribution in [1.29, 1.82) is 0 Å². The van der Waals surface area contributed by atoms with Gasteiger partial charge in [-0.1, -0.05) is 99.6 Å². The molecule has 262 valence electrons. The molecule has 2 nitrogen and oxygen atoms in total. The van der Waals surface area contributed by atoms with Gasteiger partial charge in [-0.15, -0.1) is 0 Å². The standard InChI is InChI=1S/C20H36OP2.C20H34OP2/c1-15(11-14-21-23-22)9-12-19(4)17(3)10-13-20(5)16(2)7-6-8-18(19)20;1-17(2)9-6-10-18(3)11-7-12-19(4)13-8-14-20(5)15-16-22-23-21/h7,11,17-18,23H,6,8-10,12-14,22H2,1-5H3;9,11,13,15,22H,6-8,10,12,14,16H2,1-5H3/b15-11-;18-11-,19-13+,20-15-. The average molecular weight is 707 g/mol. The molecule has 0 spiro atoms. The third-order valence-electron chi connectivity index (χ3n) is 11.0. The SMILES string of the molecule is CC(C)=CCC/C(C)=C\CC/C(C)=C/CC/C(C)=C\CPP=O.CC1=CCCC2C1(C)CCC(C)C2(C)CC/C(C)=C\COPP. The molecule has 1 saturated carbocycles. The Morgan fingerprint density at radius 3 is 2.02 bits per heavy atom. The van der Waals surface area contributed by atoms with Gasteiger partial charge >= 0.3 is 0 Å². The van der Waals surface area contributed by atoms with Crippen molar-refractivity contribution in [3.8, 4) is 0 Å². The summed E-state index contributed by atoms with van der Waals surface area (Å²) >= 11 is 0. The third kappa shape index (κ3) is 16.5. The van der Waals surface area contributed by atoms with Crippen LogP contribution in [0.4, 0.5) is 0 Å². The maximum atomic E-state index is 10.4. The Hall–Kier alpha value is -0.210. The summed E-state index contributed by atoms with van der Waals surface area (Å²) in [6, 6.07) is 0. The van der Waals surface area contributed by atoms with E-state index >= 15 is 0 Å². The van der Waals surface area contributed by atoms with Crippen LogP contribution in [0.25, 0.3) is 0 Å². The van der Waals surface area contributed by atoms with Crippen LogP contribution in [0.15, 0.2) is 69.9 Å². The van der Waals surface area contributed by atoms with E-state index in [2.05, 4.69) is 115 Å². The van der Waals surface area contributed by atoms with Gasteiger partial charge in [-0.3, -0.25) is 4.57 Å². The molecule has 2 rings (SSSR count). The number of rotatable bonds is 18. The predicted molar refractivity (Wildman–Crippen MR) is 217 cm³/mol. The minimum Gasteiger partial charge on any atom is -0.354 e. The molecule has 2 aliphatic carbocycles. The molecule has 0 bridgehead atoms. The summed E-state index contributed by atoms with van der Waals surface area (Å²) in [5.74, 6) is 1.69. The lowest BCUT2D eigenvalue weighted by Gasteiger charge is -2.58. The topological polar surface area (TPSA) is 26.3 Å². The zero-order valence-corrected chi connectivity index (χ0v) is 35.4. The Morgan fingerprint density at radius 2 is 1.46 bits per heavy atom. The molecule has 6 heteroatoms. The third-order valence-corrected chi connectivity index (χ3v) is 13.3. The minimum absolute atomic E-state index is 0.283. The lowest BCUT2D eigenvalue weighted by Crippen LogP contribution is -2.49. The first kappa shape index (κ1) is 43.8. The van der Waals surface area contributed by atoms with E-state index in [-0.39, 0.29) is 8.15 Å². The Bertz CT molecular complexity index is 1090. The van der Waals surface area contributed by atoms with E-state index in [0.29, 0.717) is 27.6 Å². The molecule has 0 saturated heterocycles. The molecular weight excluding hydrogens is 636 g/mol. The van der Waals surface area contributed by atoms with Gasteiger partial charge in [0.25, 0.3) is 0 Å². The van der Waals surface area contributed by atoms with E-state index in [1.165, 1.54) is 79.2 Å². The van der Waals surface area contributed by atoms with Crippen molar-refractivity contribution >= 4 is 33.8 Å². The Balaban J connectivity index is 0.000000460. The van der Waals surface area contributed by atoms with Crippen molar-refractivity contribution in [2.24, 2.45) is 22.7 Å². The van der Waals surface area contributed by atoms with E-state index < -0.39 is 0 Å². The van der Waals surface area contributed by atoms with Crippen molar-refractivity contribution in [3.63, 3.8) is 0 Å². The monoisotopic (exact) mass is 706 g/mol. The van der Waals surface area contributed by atoms with Crippen molar-refractivity contribution < 1.29 is 9.09 Å². The van der Waals surface area contributed by atoms with Crippen LogP contribution < -0.4 is 0 Å². The highest BCUT2D eigenvalue weighted by molar-refractivity contribution is 8.06. The van der Waals surface area contributed by atoms with Crippen LogP contribution in [0, 0.1) is 22.7 Å². The maximum absolute atomic E-state index is 10.4. The van der Waals surface area contributed by atoms with Gasteiger partial charge in [-0.2, -0.15) is 0 Å².